The Bertz CT molecular complexity index is 790. The molecule has 144 valence electrons. The lowest BCUT2D eigenvalue weighted by molar-refractivity contribution is -0.135. The number of likely N-dealkylation sites (N-methyl/N-ethyl adjacent to an activating group) is 1. The summed E-state index contributed by atoms with van der Waals surface area (Å²) in [6, 6.07) is 13.4. The van der Waals surface area contributed by atoms with Crippen LogP contribution >= 0.6 is 0 Å². The number of aryl methyl sites for hydroxylation is 1. The van der Waals surface area contributed by atoms with Gasteiger partial charge in [-0.1, -0.05) is 29.4 Å². The molecule has 0 N–H and O–H groups in total. The summed E-state index contributed by atoms with van der Waals surface area (Å²) in [6.45, 7) is 4.92. The van der Waals surface area contributed by atoms with Crippen molar-refractivity contribution in [3.05, 3.63) is 59.2 Å². The molecule has 0 saturated heterocycles. The van der Waals surface area contributed by atoms with Gasteiger partial charge in [-0.25, -0.2) is 0 Å². The van der Waals surface area contributed by atoms with Crippen molar-refractivity contribution in [3.8, 4) is 11.5 Å². The van der Waals surface area contributed by atoms with E-state index in [2.05, 4.69) is 5.16 Å². The molecular formula is C21H26N2O4. The van der Waals surface area contributed by atoms with E-state index in [4.69, 9.17) is 14.3 Å². The predicted molar refractivity (Wildman–Crippen MR) is 105 cm³/mol. The lowest BCUT2D eigenvalue weighted by Gasteiger charge is -2.17. The first kappa shape index (κ1) is 20.3. The van der Waals surface area contributed by atoms with Crippen molar-refractivity contribution in [2.45, 2.75) is 20.4 Å². The first-order valence-electron chi connectivity index (χ1n) is 8.79. The maximum absolute atomic E-state index is 12.2. The number of oxime groups is 1. The van der Waals surface area contributed by atoms with Gasteiger partial charge in [-0.3, -0.25) is 4.79 Å². The van der Waals surface area contributed by atoms with Crippen LogP contribution in [0, 0.1) is 6.92 Å². The molecule has 0 heterocycles. The maximum Gasteiger partial charge on any atom is 0.263 e. The van der Waals surface area contributed by atoms with E-state index < -0.39 is 0 Å². The van der Waals surface area contributed by atoms with Crippen LogP contribution in [0.3, 0.4) is 0 Å². The van der Waals surface area contributed by atoms with Crippen molar-refractivity contribution in [2.24, 2.45) is 5.16 Å². The molecule has 0 aliphatic rings. The number of rotatable bonds is 9. The fourth-order valence-electron chi connectivity index (χ4n) is 2.47. The third-order valence-electron chi connectivity index (χ3n) is 4.05. The smallest absolute Gasteiger partial charge is 0.263 e. The fraction of sp³-hybridized carbons (Fsp3) is 0.333. The lowest BCUT2D eigenvalue weighted by Crippen LogP contribution is -2.29. The molecule has 0 saturated carbocycles. The van der Waals surface area contributed by atoms with Gasteiger partial charge in [-0.05, 0) is 43.2 Å². The molecule has 0 unspecified atom stereocenters. The molecule has 0 atom stereocenters. The first-order valence-corrected chi connectivity index (χ1v) is 8.79. The highest BCUT2D eigenvalue weighted by Crippen LogP contribution is 2.27. The second-order valence-electron chi connectivity index (χ2n) is 6.03. The van der Waals surface area contributed by atoms with E-state index in [0.29, 0.717) is 24.7 Å². The monoisotopic (exact) mass is 370 g/mol. The van der Waals surface area contributed by atoms with Crippen LogP contribution in [0.15, 0.2) is 47.6 Å². The van der Waals surface area contributed by atoms with E-state index in [1.54, 1.807) is 25.1 Å². The van der Waals surface area contributed by atoms with Gasteiger partial charge < -0.3 is 19.2 Å². The van der Waals surface area contributed by atoms with E-state index in [1.807, 2.05) is 50.2 Å². The first-order chi connectivity index (χ1) is 13.0. The van der Waals surface area contributed by atoms with Crippen LogP contribution in [0.25, 0.3) is 0 Å². The van der Waals surface area contributed by atoms with Crippen molar-refractivity contribution >= 4 is 12.1 Å². The highest BCUT2D eigenvalue weighted by Gasteiger charge is 2.11. The minimum absolute atomic E-state index is 0.118. The number of benzene rings is 2. The minimum Gasteiger partial charge on any atom is -0.493 e. The van der Waals surface area contributed by atoms with Gasteiger partial charge in [0.1, 0.15) is 0 Å². The molecule has 0 spiro atoms. The zero-order valence-corrected chi connectivity index (χ0v) is 16.3. The topological polar surface area (TPSA) is 60.4 Å². The van der Waals surface area contributed by atoms with Gasteiger partial charge in [0.2, 0.25) is 0 Å². The number of methoxy groups -OCH3 is 1. The van der Waals surface area contributed by atoms with Crippen molar-refractivity contribution in [1.29, 1.82) is 0 Å². The summed E-state index contributed by atoms with van der Waals surface area (Å²) in [5.74, 6) is 1.15. The number of hydrogen-bond acceptors (Lipinski definition) is 5. The zero-order valence-electron chi connectivity index (χ0n) is 16.3. The van der Waals surface area contributed by atoms with Crippen LogP contribution in [0.1, 0.15) is 23.6 Å². The summed E-state index contributed by atoms with van der Waals surface area (Å²) in [4.78, 5) is 18.9. The lowest BCUT2D eigenvalue weighted by atomic mass is 10.1. The van der Waals surface area contributed by atoms with Crippen molar-refractivity contribution in [1.82, 2.24) is 4.90 Å². The van der Waals surface area contributed by atoms with Crippen LogP contribution in [-0.2, 0) is 16.2 Å². The number of nitrogens with zero attached hydrogens (tertiary/aromatic N) is 2. The molecule has 0 radical (unpaired) electrons. The van der Waals surface area contributed by atoms with Crippen LogP contribution in [0.4, 0.5) is 0 Å². The van der Waals surface area contributed by atoms with E-state index in [-0.39, 0.29) is 12.5 Å². The van der Waals surface area contributed by atoms with E-state index in [0.717, 1.165) is 16.7 Å². The maximum atomic E-state index is 12.2. The van der Waals surface area contributed by atoms with Gasteiger partial charge in [0.05, 0.1) is 19.9 Å². The highest BCUT2D eigenvalue weighted by molar-refractivity contribution is 5.81. The Labute approximate surface area is 160 Å². The summed E-state index contributed by atoms with van der Waals surface area (Å²) in [6.07, 6.45) is 1.53. The summed E-state index contributed by atoms with van der Waals surface area (Å²) in [5, 5.41) is 3.87. The normalized spacial score (nSPS) is 10.7. The minimum atomic E-state index is -0.139. The third kappa shape index (κ3) is 6.02. The highest BCUT2D eigenvalue weighted by atomic mass is 16.6. The summed E-state index contributed by atoms with van der Waals surface area (Å²) < 4.78 is 10.8. The molecule has 2 aromatic rings. The van der Waals surface area contributed by atoms with Crippen LogP contribution < -0.4 is 9.47 Å². The van der Waals surface area contributed by atoms with Gasteiger partial charge in [0, 0.05) is 19.2 Å². The summed E-state index contributed by atoms with van der Waals surface area (Å²) in [7, 11) is 3.33. The average Bonchev–Trinajstić information content (AvgIpc) is 2.67. The number of carbonyl (C=O) groups is 1. The van der Waals surface area contributed by atoms with E-state index in [1.165, 1.54) is 6.21 Å². The second-order valence-corrected chi connectivity index (χ2v) is 6.03. The Kier molecular flexibility index (Phi) is 7.67. The van der Waals surface area contributed by atoms with Crippen LogP contribution in [0.2, 0.25) is 0 Å². The molecule has 0 aliphatic carbocycles. The molecule has 0 bridgehead atoms. The SMILES string of the molecule is CCOc1ccc(/C=N/OCC(=O)N(C)Cc2ccccc2C)cc1OC. The van der Waals surface area contributed by atoms with Crippen molar-refractivity contribution in [2.75, 3.05) is 27.4 Å². The Hall–Kier alpha value is -3.02. The molecule has 6 nitrogen and oxygen atoms in total. The molecular weight excluding hydrogens is 344 g/mol. The van der Waals surface area contributed by atoms with E-state index in [9.17, 15) is 4.79 Å². The average molecular weight is 370 g/mol. The molecule has 2 aromatic carbocycles. The van der Waals surface area contributed by atoms with Gasteiger partial charge in [-0.2, -0.15) is 0 Å². The van der Waals surface area contributed by atoms with Crippen LogP contribution in [0.5, 0.6) is 11.5 Å². The number of carbonyl (C=O) groups excluding carboxylic acids is 1. The van der Waals surface area contributed by atoms with Gasteiger partial charge in [-0.15, -0.1) is 0 Å². The molecule has 0 aromatic heterocycles. The number of hydrogen-bond donors (Lipinski definition) is 0. The summed E-state index contributed by atoms with van der Waals surface area (Å²) >= 11 is 0. The quantitative estimate of drug-likeness (QED) is 0.501. The molecule has 1 amide bonds. The Morgan fingerprint density at radius 1 is 1.19 bits per heavy atom. The third-order valence-corrected chi connectivity index (χ3v) is 4.05. The zero-order chi connectivity index (χ0) is 19.6. The van der Waals surface area contributed by atoms with Gasteiger partial charge in [0.25, 0.3) is 5.91 Å². The van der Waals surface area contributed by atoms with Crippen molar-refractivity contribution in [3.63, 3.8) is 0 Å². The summed E-state index contributed by atoms with van der Waals surface area (Å²) in [5.41, 5.74) is 3.05. The Balaban J connectivity index is 1.86. The molecule has 2 rings (SSSR count). The van der Waals surface area contributed by atoms with Gasteiger partial charge >= 0.3 is 0 Å². The van der Waals surface area contributed by atoms with Gasteiger partial charge in [0.15, 0.2) is 18.1 Å². The van der Waals surface area contributed by atoms with Crippen molar-refractivity contribution < 1.29 is 19.1 Å². The molecule has 27 heavy (non-hydrogen) atoms. The molecule has 6 heteroatoms. The Morgan fingerprint density at radius 2 is 1.96 bits per heavy atom. The molecule has 0 fully saturated rings. The number of ether oxygens (including phenoxy) is 2. The second kappa shape index (κ2) is 10.2. The molecule has 0 aliphatic heterocycles. The fourth-order valence-corrected chi connectivity index (χ4v) is 2.47. The Morgan fingerprint density at radius 3 is 2.67 bits per heavy atom. The van der Waals surface area contributed by atoms with E-state index >= 15 is 0 Å². The standard InChI is InChI=1S/C21H26N2O4/c1-5-26-19-11-10-17(12-20(19)25-4)13-22-27-15-21(24)23(3)14-18-9-7-6-8-16(18)2/h6-13H,5,14-15H2,1-4H3/b22-13+. The predicted octanol–water partition coefficient (Wildman–Crippen LogP) is 3.41. The number of amides is 1. The van der Waals surface area contributed by atoms with Crippen LogP contribution in [-0.4, -0.2) is 44.4 Å². The largest absolute Gasteiger partial charge is 0.493 e.